The number of nitrogens with zero attached hydrogens (tertiary/aromatic N) is 3. The summed E-state index contributed by atoms with van der Waals surface area (Å²) in [6.45, 7) is 3.88. The summed E-state index contributed by atoms with van der Waals surface area (Å²) in [4.78, 5) is 7.93. The zero-order valence-corrected chi connectivity index (χ0v) is 20.3. The second-order valence-corrected chi connectivity index (χ2v) is 6.98. The maximum Gasteiger partial charge on any atom is 0.424 e. The quantitative estimate of drug-likeness (QED) is 0.186. The van der Waals surface area contributed by atoms with E-state index in [4.69, 9.17) is 4.74 Å². The predicted octanol–water partition coefficient (Wildman–Crippen LogP) is 3.34. The Balaban J connectivity index is 0.00000512. The lowest BCUT2D eigenvalue weighted by Gasteiger charge is -2.30. The lowest BCUT2D eigenvalue weighted by atomic mass is 9.97. The van der Waals surface area contributed by atoms with Crippen molar-refractivity contribution >= 4 is 29.9 Å². The summed E-state index contributed by atoms with van der Waals surface area (Å²) in [5.74, 6) is -0.649. The molecule has 32 heavy (non-hydrogen) atoms. The Hall–Kier alpha value is -2.09. The van der Waals surface area contributed by atoms with Crippen molar-refractivity contribution in [2.75, 3.05) is 19.6 Å². The van der Waals surface area contributed by atoms with Gasteiger partial charge in [0.2, 0.25) is 5.60 Å². The number of hydrogen-bond donors (Lipinski definition) is 3. The lowest BCUT2D eigenvalue weighted by molar-refractivity contribution is -0.272. The van der Waals surface area contributed by atoms with Crippen LogP contribution in [0.4, 0.5) is 17.6 Å². The molecule has 0 spiro atoms. The topological polar surface area (TPSA) is 83.7 Å². The first-order valence-corrected chi connectivity index (χ1v) is 9.78. The predicted molar refractivity (Wildman–Crippen MR) is 124 cm³/mol. The highest BCUT2D eigenvalue weighted by Crippen LogP contribution is 2.40. The number of aliphatic hydroxyl groups is 1. The van der Waals surface area contributed by atoms with E-state index in [9.17, 15) is 22.7 Å². The standard InChI is InChI=1S/C20H27F4N5O2.HI/c1-4-25-18(28-13-14(2)31-16-8-6-5-7-15(16)21)27-10-9-19(30,20(22,23)24)17-26-11-12-29(17)3;/h5-8,11-12,14,30H,4,9-10,13H2,1-3H3,(H2,25,27,28);1H. The van der Waals surface area contributed by atoms with Gasteiger partial charge in [0.15, 0.2) is 17.5 Å². The summed E-state index contributed by atoms with van der Waals surface area (Å²) in [6.07, 6.45) is -3.53. The number of nitrogens with one attached hydrogen (secondary N) is 2. The molecule has 1 heterocycles. The highest BCUT2D eigenvalue weighted by atomic mass is 127. The van der Waals surface area contributed by atoms with Crippen LogP contribution in [0.2, 0.25) is 0 Å². The minimum absolute atomic E-state index is 0. The number of halogens is 5. The van der Waals surface area contributed by atoms with E-state index in [1.807, 2.05) is 0 Å². The van der Waals surface area contributed by atoms with Crippen LogP contribution in [0, 0.1) is 5.82 Å². The average molecular weight is 573 g/mol. The number of ether oxygens (including phenoxy) is 1. The number of alkyl halides is 3. The number of aromatic nitrogens is 2. The number of benzene rings is 1. The Bertz CT molecular complexity index is 878. The smallest absolute Gasteiger partial charge is 0.424 e. The SMILES string of the molecule is CCNC(=NCC(C)Oc1ccccc1F)NCCC(O)(c1nccn1C)C(F)(F)F.I. The van der Waals surface area contributed by atoms with Gasteiger partial charge in [0.25, 0.3) is 0 Å². The van der Waals surface area contributed by atoms with Crippen molar-refractivity contribution < 1.29 is 27.4 Å². The third kappa shape index (κ3) is 7.22. The van der Waals surface area contributed by atoms with Gasteiger partial charge < -0.3 is 25.0 Å². The van der Waals surface area contributed by atoms with E-state index in [0.29, 0.717) is 6.54 Å². The van der Waals surface area contributed by atoms with Crippen LogP contribution in [-0.2, 0) is 12.6 Å². The normalized spacial score (nSPS) is 14.8. The van der Waals surface area contributed by atoms with Gasteiger partial charge >= 0.3 is 6.18 Å². The molecule has 0 amide bonds. The highest BCUT2D eigenvalue weighted by molar-refractivity contribution is 14.0. The summed E-state index contributed by atoms with van der Waals surface area (Å²) >= 11 is 0. The fourth-order valence-electron chi connectivity index (χ4n) is 2.86. The molecule has 0 bridgehead atoms. The first kappa shape index (κ1) is 27.9. The van der Waals surface area contributed by atoms with E-state index in [1.54, 1.807) is 26.0 Å². The molecule has 0 radical (unpaired) electrons. The maximum absolute atomic E-state index is 13.7. The second kappa shape index (κ2) is 12.2. The summed E-state index contributed by atoms with van der Waals surface area (Å²) in [5, 5.41) is 16.1. The van der Waals surface area contributed by atoms with Crippen molar-refractivity contribution in [3.8, 4) is 5.75 Å². The number of imidazole rings is 1. The van der Waals surface area contributed by atoms with Gasteiger partial charge in [-0.1, -0.05) is 12.1 Å². The minimum atomic E-state index is -4.91. The molecule has 2 rings (SSSR count). The van der Waals surface area contributed by atoms with Crippen LogP contribution in [-0.4, -0.2) is 52.5 Å². The Kier molecular flexibility index (Phi) is 10.7. The first-order chi connectivity index (χ1) is 14.6. The van der Waals surface area contributed by atoms with E-state index >= 15 is 0 Å². The van der Waals surface area contributed by atoms with Crippen LogP contribution < -0.4 is 15.4 Å². The molecule has 2 unspecified atom stereocenters. The van der Waals surface area contributed by atoms with Gasteiger partial charge in [-0.3, -0.25) is 0 Å². The van der Waals surface area contributed by atoms with Gasteiger partial charge in [-0.25, -0.2) is 14.4 Å². The number of hydrogen-bond acceptors (Lipinski definition) is 4. The molecule has 0 aliphatic heterocycles. The molecule has 1 aromatic heterocycles. The van der Waals surface area contributed by atoms with Crippen LogP contribution >= 0.6 is 24.0 Å². The Morgan fingerprint density at radius 3 is 2.53 bits per heavy atom. The molecule has 12 heteroatoms. The largest absolute Gasteiger partial charge is 0.486 e. The molecule has 0 aliphatic rings. The molecule has 2 aromatic rings. The van der Waals surface area contributed by atoms with Crippen LogP contribution in [0.5, 0.6) is 5.75 Å². The molecule has 2 atom stereocenters. The van der Waals surface area contributed by atoms with Crippen molar-refractivity contribution in [3.63, 3.8) is 0 Å². The van der Waals surface area contributed by atoms with Crippen molar-refractivity contribution in [2.24, 2.45) is 12.0 Å². The fraction of sp³-hybridized carbons (Fsp3) is 0.500. The van der Waals surface area contributed by atoms with Crippen molar-refractivity contribution in [1.82, 2.24) is 20.2 Å². The first-order valence-electron chi connectivity index (χ1n) is 9.78. The van der Waals surface area contributed by atoms with Crippen LogP contribution in [0.25, 0.3) is 0 Å². The summed E-state index contributed by atoms with van der Waals surface area (Å²) in [6, 6.07) is 5.96. The van der Waals surface area contributed by atoms with Crippen LogP contribution in [0.3, 0.4) is 0 Å². The molecule has 180 valence electrons. The molecule has 3 N–H and O–H groups in total. The van der Waals surface area contributed by atoms with E-state index in [0.717, 1.165) is 4.57 Å². The zero-order chi connectivity index (χ0) is 23.1. The van der Waals surface area contributed by atoms with Crippen LogP contribution in [0.15, 0.2) is 41.7 Å². The average Bonchev–Trinajstić information content (AvgIpc) is 3.13. The van der Waals surface area contributed by atoms with Gasteiger partial charge in [0.05, 0.1) is 6.54 Å². The van der Waals surface area contributed by atoms with Gasteiger partial charge in [0.1, 0.15) is 11.9 Å². The third-order valence-corrected chi connectivity index (χ3v) is 4.45. The summed E-state index contributed by atoms with van der Waals surface area (Å²) in [7, 11) is 1.38. The molecule has 1 aromatic carbocycles. The van der Waals surface area contributed by atoms with E-state index in [-0.39, 0.29) is 48.8 Å². The Labute approximate surface area is 201 Å². The number of rotatable bonds is 9. The molecule has 0 saturated carbocycles. The third-order valence-electron chi connectivity index (χ3n) is 4.45. The summed E-state index contributed by atoms with van der Waals surface area (Å²) < 4.78 is 61.1. The molecule has 0 aliphatic carbocycles. The number of para-hydroxylation sites is 1. The van der Waals surface area contributed by atoms with Gasteiger partial charge in [-0.15, -0.1) is 24.0 Å². The Morgan fingerprint density at radius 1 is 1.28 bits per heavy atom. The van der Waals surface area contributed by atoms with Gasteiger partial charge in [-0.2, -0.15) is 13.2 Å². The van der Waals surface area contributed by atoms with E-state index in [2.05, 4.69) is 20.6 Å². The van der Waals surface area contributed by atoms with Crippen molar-refractivity contribution in [3.05, 3.63) is 48.3 Å². The molecular weight excluding hydrogens is 545 g/mol. The molecular formula is C20H28F4IN5O2. The van der Waals surface area contributed by atoms with Crippen LogP contribution in [0.1, 0.15) is 26.1 Å². The molecule has 7 nitrogen and oxygen atoms in total. The summed E-state index contributed by atoms with van der Waals surface area (Å²) in [5.41, 5.74) is -3.11. The maximum atomic E-state index is 13.7. The van der Waals surface area contributed by atoms with Crippen molar-refractivity contribution in [2.45, 2.75) is 38.1 Å². The number of aryl methyl sites for hydroxylation is 1. The molecule has 0 saturated heterocycles. The minimum Gasteiger partial charge on any atom is -0.486 e. The highest BCUT2D eigenvalue weighted by Gasteiger charge is 2.57. The van der Waals surface area contributed by atoms with Gasteiger partial charge in [-0.05, 0) is 26.0 Å². The van der Waals surface area contributed by atoms with Gasteiger partial charge in [0, 0.05) is 39.0 Å². The molecule has 0 fully saturated rings. The monoisotopic (exact) mass is 573 g/mol. The zero-order valence-electron chi connectivity index (χ0n) is 18.0. The van der Waals surface area contributed by atoms with E-state index < -0.39 is 35.9 Å². The van der Waals surface area contributed by atoms with Crippen molar-refractivity contribution in [1.29, 1.82) is 0 Å². The number of guanidine groups is 1. The Morgan fingerprint density at radius 2 is 1.97 bits per heavy atom. The lowest BCUT2D eigenvalue weighted by Crippen LogP contribution is -2.48. The fourth-order valence-corrected chi connectivity index (χ4v) is 2.86. The van der Waals surface area contributed by atoms with E-state index in [1.165, 1.54) is 31.6 Å². The number of aliphatic imine (C=N–C) groups is 1. The second-order valence-electron chi connectivity index (χ2n) is 6.98.